The number of rotatable bonds is 7. The molecule has 112 valence electrons. The molecule has 1 unspecified atom stereocenters. The van der Waals surface area contributed by atoms with E-state index in [4.69, 9.17) is 9.47 Å². The van der Waals surface area contributed by atoms with Gasteiger partial charge in [-0.15, -0.1) is 0 Å². The third-order valence-corrected chi connectivity index (χ3v) is 2.89. The molecule has 0 spiro atoms. The van der Waals surface area contributed by atoms with E-state index in [1.165, 1.54) is 0 Å². The van der Waals surface area contributed by atoms with Crippen molar-refractivity contribution in [1.29, 1.82) is 0 Å². The molecule has 0 aromatic heterocycles. The molecule has 0 radical (unpaired) electrons. The number of likely N-dealkylation sites (N-methyl/N-ethyl adjacent to an activating group) is 1. The van der Waals surface area contributed by atoms with Crippen LogP contribution in [-0.2, 0) is 11.3 Å². The molecular weight excluding hydrogens is 256 g/mol. The van der Waals surface area contributed by atoms with Crippen LogP contribution in [0.4, 0.5) is 0 Å². The first-order valence-corrected chi connectivity index (χ1v) is 6.77. The van der Waals surface area contributed by atoms with Gasteiger partial charge in [0, 0.05) is 25.2 Å². The molecule has 0 saturated carbocycles. The zero-order valence-electron chi connectivity index (χ0n) is 12.8. The van der Waals surface area contributed by atoms with Gasteiger partial charge in [-0.2, -0.15) is 0 Å². The summed E-state index contributed by atoms with van der Waals surface area (Å²) in [6.45, 7) is 6.53. The standard InChI is InChI=1S/C15H24N2O3/c1-10(2)17-9-12-7-6-8-13(19-5)14(12)20-11(3)15(18)16-4/h6-8,10-11,17H,9H2,1-5H3,(H,16,18). The van der Waals surface area contributed by atoms with Gasteiger partial charge in [0.25, 0.3) is 5.91 Å². The Labute approximate surface area is 120 Å². The number of carbonyl (C=O) groups is 1. The maximum atomic E-state index is 11.6. The van der Waals surface area contributed by atoms with E-state index in [-0.39, 0.29) is 5.91 Å². The maximum Gasteiger partial charge on any atom is 0.260 e. The number of hydrogen-bond donors (Lipinski definition) is 2. The van der Waals surface area contributed by atoms with E-state index >= 15 is 0 Å². The second-order valence-corrected chi connectivity index (χ2v) is 4.86. The molecule has 1 amide bonds. The average Bonchev–Trinajstić information content (AvgIpc) is 2.44. The number of nitrogens with one attached hydrogen (secondary N) is 2. The Morgan fingerprint density at radius 1 is 1.30 bits per heavy atom. The molecule has 0 aliphatic carbocycles. The minimum Gasteiger partial charge on any atom is -0.493 e. The van der Waals surface area contributed by atoms with Gasteiger partial charge in [-0.25, -0.2) is 0 Å². The summed E-state index contributed by atoms with van der Waals surface area (Å²) in [7, 11) is 3.18. The summed E-state index contributed by atoms with van der Waals surface area (Å²) in [4.78, 5) is 11.6. The van der Waals surface area contributed by atoms with Crippen molar-refractivity contribution in [2.24, 2.45) is 0 Å². The molecule has 0 heterocycles. The monoisotopic (exact) mass is 280 g/mol. The largest absolute Gasteiger partial charge is 0.493 e. The van der Waals surface area contributed by atoms with Gasteiger partial charge in [0.2, 0.25) is 0 Å². The topological polar surface area (TPSA) is 59.6 Å². The number of methoxy groups -OCH3 is 1. The Kier molecular flexibility index (Phi) is 6.31. The molecule has 1 rings (SSSR count). The van der Waals surface area contributed by atoms with E-state index in [1.807, 2.05) is 18.2 Å². The lowest BCUT2D eigenvalue weighted by Crippen LogP contribution is -2.34. The van der Waals surface area contributed by atoms with Crippen LogP contribution in [0.15, 0.2) is 18.2 Å². The van der Waals surface area contributed by atoms with Crippen LogP contribution >= 0.6 is 0 Å². The number of para-hydroxylation sites is 1. The summed E-state index contributed by atoms with van der Waals surface area (Å²) < 4.78 is 11.1. The van der Waals surface area contributed by atoms with Crippen LogP contribution in [0.25, 0.3) is 0 Å². The van der Waals surface area contributed by atoms with Crippen LogP contribution < -0.4 is 20.1 Å². The number of benzene rings is 1. The number of carbonyl (C=O) groups excluding carboxylic acids is 1. The highest BCUT2D eigenvalue weighted by molar-refractivity contribution is 5.80. The van der Waals surface area contributed by atoms with E-state index in [0.29, 0.717) is 24.1 Å². The first kappa shape index (κ1) is 16.3. The van der Waals surface area contributed by atoms with Crippen molar-refractivity contribution in [2.75, 3.05) is 14.2 Å². The number of ether oxygens (including phenoxy) is 2. The van der Waals surface area contributed by atoms with Gasteiger partial charge in [0.15, 0.2) is 17.6 Å². The van der Waals surface area contributed by atoms with Gasteiger partial charge < -0.3 is 20.1 Å². The normalized spacial score (nSPS) is 12.1. The third-order valence-electron chi connectivity index (χ3n) is 2.89. The molecule has 0 bridgehead atoms. The van der Waals surface area contributed by atoms with Crippen LogP contribution in [0.1, 0.15) is 26.3 Å². The van der Waals surface area contributed by atoms with Crippen molar-refractivity contribution in [2.45, 2.75) is 39.5 Å². The van der Waals surface area contributed by atoms with Crippen molar-refractivity contribution in [3.63, 3.8) is 0 Å². The van der Waals surface area contributed by atoms with Crippen molar-refractivity contribution in [3.8, 4) is 11.5 Å². The number of hydrogen-bond acceptors (Lipinski definition) is 4. The van der Waals surface area contributed by atoms with Crippen LogP contribution in [0.3, 0.4) is 0 Å². The molecule has 2 N–H and O–H groups in total. The Bertz CT molecular complexity index is 447. The van der Waals surface area contributed by atoms with Crippen LogP contribution in [0.2, 0.25) is 0 Å². The molecule has 0 aliphatic rings. The Morgan fingerprint density at radius 2 is 2.00 bits per heavy atom. The zero-order valence-corrected chi connectivity index (χ0v) is 12.8. The molecule has 5 nitrogen and oxygen atoms in total. The van der Waals surface area contributed by atoms with Gasteiger partial charge in [-0.3, -0.25) is 4.79 Å². The Balaban J connectivity index is 2.97. The van der Waals surface area contributed by atoms with E-state index in [0.717, 1.165) is 5.56 Å². The minimum atomic E-state index is -0.575. The lowest BCUT2D eigenvalue weighted by molar-refractivity contribution is -0.126. The lowest BCUT2D eigenvalue weighted by Gasteiger charge is -2.19. The fraction of sp³-hybridized carbons (Fsp3) is 0.533. The summed E-state index contributed by atoms with van der Waals surface area (Å²) in [6.07, 6.45) is -0.575. The van der Waals surface area contributed by atoms with Gasteiger partial charge in [0.1, 0.15) is 0 Å². The van der Waals surface area contributed by atoms with Crippen molar-refractivity contribution >= 4 is 5.91 Å². The molecule has 1 atom stereocenters. The highest BCUT2D eigenvalue weighted by Crippen LogP contribution is 2.32. The maximum absolute atomic E-state index is 11.6. The molecule has 20 heavy (non-hydrogen) atoms. The summed E-state index contributed by atoms with van der Waals surface area (Å²) in [5, 5.41) is 5.91. The number of amides is 1. The molecule has 0 fully saturated rings. The molecular formula is C15H24N2O3. The molecule has 0 saturated heterocycles. The van der Waals surface area contributed by atoms with E-state index < -0.39 is 6.10 Å². The highest BCUT2D eigenvalue weighted by Gasteiger charge is 2.18. The average molecular weight is 280 g/mol. The van der Waals surface area contributed by atoms with Gasteiger partial charge in [0.05, 0.1) is 7.11 Å². The summed E-state index contributed by atoms with van der Waals surface area (Å²) >= 11 is 0. The van der Waals surface area contributed by atoms with Crippen LogP contribution in [0, 0.1) is 0 Å². The lowest BCUT2D eigenvalue weighted by atomic mass is 10.1. The van der Waals surface area contributed by atoms with E-state index in [2.05, 4.69) is 24.5 Å². The second-order valence-electron chi connectivity index (χ2n) is 4.86. The van der Waals surface area contributed by atoms with Gasteiger partial charge >= 0.3 is 0 Å². The van der Waals surface area contributed by atoms with E-state index in [9.17, 15) is 4.79 Å². The zero-order chi connectivity index (χ0) is 15.1. The fourth-order valence-electron chi connectivity index (χ4n) is 1.74. The molecule has 1 aromatic rings. The van der Waals surface area contributed by atoms with E-state index in [1.54, 1.807) is 21.1 Å². The van der Waals surface area contributed by atoms with Crippen molar-refractivity contribution in [1.82, 2.24) is 10.6 Å². The SMILES string of the molecule is CNC(=O)C(C)Oc1c(CNC(C)C)cccc1OC. The molecule has 1 aromatic carbocycles. The molecule has 5 heteroatoms. The van der Waals surface area contributed by atoms with Crippen molar-refractivity contribution < 1.29 is 14.3 Å². The Hall–Kier alpha value is -1.75. The summed E-state index contributed by atoms with van der Waals surface area (Å²) in [5.74, 6) is 1.07. The minimum absolute atomic E-state index is 0.168. The summed E-state index contributed by atoms with van der Waals surface area (Å²) in [5.41, 5.74) is 0.966. The first-order valence-electron chi connectivity index (χ1n) is 6.77. The van der Waals surface area contributed by atoms with Gasteiger partial charge in [-0.05, 0) is 13.0 Å². The fourth-order valence-corrected chi connectivity index (χ4v) is 1.74. The molecule has 0 aliphatic heterocycles. The second kappa shape index (κ2) is 7.75. The van der Waals surface area contributed by atoms with Crippen LogP contribution in [-0.4, -0.2) is 32.2 Å². The highest BCUT2D eigenvalue weighted by atomic mass is 16.5. The Morgan fingerprint density at radius 3 is 2.55 bits per heavy atom. The predicted octanol–water partition coefficient (Wildman–Crippen LogP) is 1.71. The van der Waals surface area contributed by atoms with Gasteiger partial charge in [-0.1, -0.05) is 26.0 Å². The first-order chi connectivity index (χ1) is 9.49. The predicted molar refractivity (Wildman–Crippen MR) is 79.1 cm³/mol. The summed E-state index contributed by atoms with van der Waals surface area (Å²) in [6, 6.07) is 6.06. The quantitative estimate of drug-likeness (QED) is 0.798. The third kappa shape index (κ3) is 4.42. The van der Waals surface area contributed by atoms with Crippen molar-refractivity contribution in [3.05, 3.63) is 23.8 Å². The smallest absolute Gasteiger partial charge is 0.260 e. The van der Waals surface area contributed by atoms with Crippen LogP contribution in [0.5, 0.6) is 11.5 Å².